The van der Waals surface area contributed by atoms with Gasteiger partial charge in [0.05, 0.1) is 17.0 Å². The SMILES string of the molecule is CC#Cc1c(C(=O)NCc2ccc(F)cc2F)c2c(N)ncnc2n1C1CC(C)N(C)C1. The molecular weight excluding hydrogens is 414 g/mol. The highest BCUT2D eigenvalue weighted by Gasteiger charge is 2.33. The van der Waals surface area contributed by atoms with Gasteiger partial charge >= 0.3 is 0 Å². The topological polar surface area (TPSA) is 89.1 Å². The van der Waals surface area contributed by atoms with Crippen LogP contribution in [0.2, 0.25) is 0 Å². The van der Waals surface area contributed by atoms with E-state index in [0.717, 1.165) is 25.1 Å². The number of amides is 1. The lowest BCUT2D eigenvalue weighted by Gasteiger charge is -2.15. The number of benzene rings is 1. The maximum Gasteiger partial charge on any atom is 0.255 e. The number of nitrogen functional groups attached to an aromatic ring is 1. The Balaban J connectivity index is 1.80. The van der Waals surface area contributed by atoms with Gasteiger partial charge in [0, 0.05) is 30.8 Å². The van der Waals surface area contributed by atoms with Gasteiger partial charge in [0.1, 0.15) is 35.1 Å². The molecule has 0 aliphatic carbocycles. The highest BCUT2D eigenvalue weighted by Crippen LogP contribution is 2.35. The lowest BCUT2D eigenvalue weighted by Crippen LogP contribution is -2.25. The van der Waals surface area contributed by atoms with Crippen molar-refractivity contribution in [1.29, 1.82) is 0 Å². The number of likely N-dealkylation sites (tertiary alicyclic amines) is 1. The molecule has 7 nitrogen and oxygen atoms in total. The van der Waals surface area contributed by atoms with E-state index in [0.29, 0.717) is 22.8 Å². The Morgan fingerprint density at radius 3 is 2.78 bits per heavy atom. The fourth-order valence-corrected chi connectivity index (χ4v) is 4.25. The summed E-state index contributed by atoms with van der Waals surface area (Å²) in [6.45, 7) is 4.49. The molecule has 3 heterocycles. The van der Waals surface area contributed by atoms with Crippen LogP contribution in [0.1, 0.15) is 47.9 Å². The second-order valence-corrected chi connectivity index (χ2v) is 8.02. The van der Waals surface area contributed by atoms with E-state index in [2.05, 4.69) is 46.0 Å². The van der Waals surface area contributed by atoms with E-state index in [-0.39, 0.29) is 29.5 Å². The van der Waals surface area contributed by atoms with Gasteiger partial charge in [-0.1, -0.05) is 12.0 Å². The van der Waals surface area contributed by atoms with Crippen molar-refractivity contribution in [2.45, 2.75) is 38.9 Å². The zero-order chi connectivity index (χ0) is 23.0. The summed E-state index contributed by atoms with van der Waals surface area (Å²) >= 11 is 0. The molecule has 1 aromatic carbocycles. The summed E-state index contributed by atoms with van der Waals surface area (Å²) in [7, 11) is 2.05. The predicted octanol–water partition coefficient (Wildman–Crippen LogP) is 2.86. The van der Waals surface area contributed by atoms with Crippen molar-refractivity contribution in [3.8, 4) is 11.8 Å². The number of nitrogens with one attached hydrogen (secondary N) is 1. The maximum absolute atomic E-state index is 14.0. The van der Waals surface area contributed by atoms with Crippen molar-refractivity contribution >= 4 is 22.8 Å². The van der Waals surface area contributed by atoms with Gasteiger partial charge in [0.2, 0.25) is 0 Å². The Bertz CT molecular complexity index is 1250. The molecule has 0 saturated carbocycles. The van der Waals surface area contributed by atoms with Crippen LogP contribution in [0, 0.1) is 23.5 Å². The fourth-order valence-electron chi connectivity index (χ4n) is 4.25. The number of nitrogens with two attached hydrogens (primary N) is 1. The second-order valence-electron chi connectivity index (χ2n) is 8.02. The van der Waals surface area contributed by atoms with E-state index in [1.807, 2.05) is 4.57 Å². The van der Waals surface area contributed by atoms with Gasteiger partial charge in [-0.05, 0) is 39.3 Å². The van der Waals surface area contributed by atoms with Gasteiger partial charge < -0.3 is 20.5 Å². The minimum Gasteiger partial charge on any atom is -0.383 e. The fraction of sp³-hybridized carbons (Fsp3) is 0.348. The number of nitrogens with zero attached hydrogens (tertiary/aromatic N) is 4. The number of anilines is 1. The average Bonchev–Trinajstić information content (AvgIpc) is 3.25. The largest absolute Gasteiger partial charge is 0.383 e. The van der Waals surface area contributed by atoms with Crippen LogP contribution in [0.3, 0.4) is 0 Å². The third-order valence-corrected chi connectivity index (χ3v) is 5.97. The molecule has 1 aliphatic rings. The van der Waals surface area contributed by atoms with Crippen LogP contribution >= 0.6 is 0 Å². The van der Waals surface area contributed by atoms with Gasteiger partial charge in [-0.2, -0.15) is 0 Å². The number of halogens is 2. The molecule has 1 saturated heterocycles. The van der Waals surface area contributed by atoms with Crippen LogP contribution in [0.25, 0.3) is 11.0 Å². The predicted molar refractivity (Wildman–Crippen MR) is 118 cm³/mol. The van der Waals surface area contributed by atoms with E-state index in [1.165, 1.54) is 12.4 Å². The van der Waals surface area contributed by atoms with Crippen molar-refractivity contribution in [2.24, 2.45) is 0 Å². The first-order valence-corrected chi connectivity index (χ1v) is 10.3. The van der Waals surface area contributed by atoms with Crippen LogP contribution in [0.4, 0.5) is 14.6 Å². The third kappa shape index (κ3) is 3.78. The average molecular weight is 438 g/mol. The Hall–Kier alpha value is -3.51. The summed E-state index contributed by atoms with van der Waals surface area (Å²) in [4.78, 5) is 24.0. The third-order valence-electron chi connectivity index (χ3n) is 5.97. The van der Waals surface area contributed by atoms with Crippen LogP contribution < -0.4 is 11.1 Å². The summed E-state index contributed by atoms with van der Waals surface area (Å²) in [5, 5.41) is 3.13. The first kappa shape index (κ1) is 21.7. The van der Waals surface area contributed by atoms with Gasteiger partial charge in [-0.25, -0.2) is 18.7 Å². The first-order valence-electron chi connectivity index (χ1n) is 10.3. The number of likely N-dealkylation sites (N-methyl/N-ethyl adjacent to an activating group) is 1. The molecule has 166 valence electrons. The number of carbonyl (C=O) groups excluding carboxylic acids is 1. The molecule has 3 aromatic rings. The monoisotopic (exact) mass is 438 g/mol. The molecule has 32 heavy (non-hydrogen) atoms. The van der Waals surface area contributed by atoms with Gasteiger partial charge in [-0.15, -0.1) is 0 Å². The van der Waals surface area contributed by atoms with E-state index in [4.69, 9.17) is 5.73 Å². The molecule has 2 atom stereocenters. The number of carbonyl (C=O) groups is 1. The van der Waals surface area contributed by atoms with E-state index < -0.39 is 17.5 Å². The van der Waals surface area contributed by atoms with E-state index in [9.17, 15) is 13.6 Å². The maximum atomic E-state index is 14.0. The van der Waals surface area contributed by atoms with Crippen molar-refractivity contribution in [2.75, 3.05) is 19.3 Å². The van der Waals surface area contributed by atoms with Gasteiger partial charge in [0.25, 0.3) is 5.91 Å². The molecule has 0 spiro atoms. The smallest absolute Gasteiger partial charge is 0.255 e. The van der Waals surface area contributed by atoms with Crippen molar-refractivity contribution < 1.29 is 13.6 Å². The molecule has 2 aromatic heterocycles. The molecule has 0 radical (unpaired) electrons. The van der Waals surface area contributed by atoms with E-state index >= 15 is 0 Å². The van der Waals surface area contributed by atoms with Gasteiger partial charge in [-0.3, -0.25) is 4.79 Å². The van der Waals surface area contributed by atoms with Gasteiger partial charge in [0.15, 0.2) is 0 Å². The number of rotatable bonds is 4. The molecule has 1 aliphatic heterocycles. The molecule has 1 amide bonds. The molecule has 1 fully saturated rings. The lowest BCUT2D eigenvalue weighted by atomic mass is 10.1. The minimum absolute atomic E-state index is 0.0544. The normalized spacial score (nSPS) is 18.5. The zero-order valence-corrected chi connectivity index (χ0v) is 18.1. The summed E-state index contributed by atoms with van der Waals surface area (Å²) < 4.78 is 29.2. The molecule has 4 rings (SSSR count). The summed E-state index contributed by atoms with van der Waals surface area (Å²) in [6.07, 6.45) is 2.24. The number of hydrogen-bond acceptors (Lipinski definition) is 5. The Morgan fingerprint density at radius 2 is 2.12 bits per heavy atom. The highest BCUT2D eigenvalue weighted by molar-refractivity contribution is 6.11. The van der Waals surface area contributed by atoms with Crippen LogP contribution in [0.5, 0.6) is 0 Å². The quantitative estimate of drug-likeness (QED) is 0.612. The molecular formula is C23H24F2N6O. The number of hydrogen-bond donors (Lipinski definition) is 2. The second kappa shape index (κ2) is 8.55. The molecule has 0 bridgehead atoms. The summed E-state index contributed by atoms with van der Waals surface area (Å²) in [5.74, 6) is 4.22. The Morgan fingerprint density at radius 1 is 1.34 bits per heavy atom. The van der Waals surface area contributed by atoms with E-state index in [1.54, 1.807) is 6.92 Å². The number of fused-ring (bicyclic) bond motifs is 1. The van der Waals surface area contributed by atoms with Crippen LogP contribution in [-0.2, 0) is 6.54 Å². The highest BCUT2D eigenvalue weighted by atomic mass is 19.1. The van der Waals surface area contributed by atoms with Crippen LogP contribution in [-0.4, -0.2) is 45.0 Å². The van der Waals surface area contributed by atoms with Crippen molar-refractivity contribution in [1.82, 2.24) is 24.8 Å². The zero-order valence-electron chi connectivity index (χ0n) is 18.1. The first-order chi connectivity index (χ1) is 15.3. The standard InChI is InChI=1S/C23H24F2N6O/c1-4-5-18-19(23(32)27-10-14-6-7-15(24)9-17(14)25)20-21(26)28-12-29-22(20)31(18)16-8-13(2)30(3)11-16/h6-7,9,12-13,16H,8,10-11H2,1-3H3,(H,27,32)(H2,26,28,29). The van der Waals surface area contributed by atoms with Crippen LogP contribution in [0.15, 0.2) is 24.5 Å². The lowest BCUT2D eigenvalue weighted by molar-refractivity contribution is 0.0951. The van der Waals surface area contributed by atoms with Crippen molar-refractivity contribution in [3.05, 3.63) is 53.0 Å². The molecule has 3 N–H and O–H groups in total. The Labute approximate surface area is 184 Å². The Kier molecular flexibility index (Phi) is 5.80. The number of aromatic nitrogens is 3. The minimum atomic E-state index is -0.730. The molecule has 2 unspecified atom stereocenters. The summed E-state index contributed by atoms with van der Waals surface area (Å²) in [5.41, 5.74) is 7.64. The van der Waals surface area contributed by atoms with Crippen molar-refractivity contribution in [3.63, 3.8) is 0 Å². The molecule has 9 heteroatoms. The summed E-state index contributed by atoms with van der Waals surface area (Å²) in [6, 6.07) is 3.64.